The molecule has 5 nitrogen and oxygen atoms in total. The molecule has 1 aliphatic carbocycles. The number of nitrogens with two attached hydrogens (primary N) is 1. The summed E-state index contributed by atoms with van der Waals surface area (Å²) in [6.45, 7) is 2.74. The summed E-state index contributed by atoms with van der Waals surface area (Å²) in [6.07, 6.45) is 5.18. The van der Waals surface area contributed by atoms with Crippen molar-refractivity contribution >= 4 is 11.8 Å². The lowest BCUT2D eigenvalue weighted by molar-refractivity contribution is -0.0601. The third-order valence-corrected chi connectivity index (χ3v) is 3.27. The topological polar surface area (TPSA) is 73.1 Å². The lowest BCUT2D eigenvalue weighted by Gasteiger charge is -2.40. The van der Waals surface area contributed by atoms with Gasteiger partial charge in [0, 0.05) is 25.4 Å². The molecule has 3 N–H and O–H groups in total. The van der Waals surface area contributed by atoms with Crippen LogP contribution in [-0.4, -0.2) is 29.2 Å². The SMILES string of the molecule is COC1(CNc2nc(N)ncc2C)CCC1. The molecule has 0 bridgehead atoms. The predicted molar refractivity (Wildman–Crippen MR) is 63.3 cm³/mol. The second-order valence-electron chi connectivity index (χ2n) is 4.35. The average molecular weight is 222 g/mol. The molecule has 0 unspecified atom stereocenters. The van der Waals surface area contributed by atoms with Crippen molar-refractivity contribution in [1.29, 1.82) is 0 Å². The van der Waals surface area contributed by atoms with E-state index < -0.39 is 0 Å². The van der Waals surface area contributed by atoms with Gasteiger partial charge in [0.1, 0.15) is 5.82 Å². The summed E-state index contributed by atoms with van der Waals surface area (Å²) >= 11 is 0. The number of anilines is 2. The molecule has 1 heterocycles. The molecule has 1 aromatic rings. The zero-order chi connectivity index (χ0) is 11.6. The lowest BCUT2D eigenvalue weighted by Crippen LogP contribution is -2.45. The molecule has 0 aromatic carbocycles. The van der Waals surface area contributed by atoms with Gasteiger partial charge in [-0.3, -0.25) is 0 Å². The average Bonchev–Trinajstić information content (AvgIpc) is 2.22. The third-order valence-electron chi connectivity index (χ3n) is 3.27. The normalized spacial score (nSPS) is 17.9. The van der Waals surface area contributed by atoms with E-state index in [1.807, 2.05) is 6.92 Å². The highest BCUT2D eigenvalue weighted by Gasteiger charge is 2.36. The molecular formula is C11H18N4O. The van der Waals surface area contributed by atoms with Crippen LogP contribution in [0.3, 0.4) is 0 Å². The fraction of sp³-hybridized carbons (Fsp3) is 0.636. The maximum Gasteiger partial charge on any atom is 0.221 e. The first-order valence-electron chi connectivity index (χ1n) is 5.53. The second kappa shape index (κ2) is 4.25. The van der Waals surface area contributed by atoms with Crippen LogP contribution in [0.2, 0.25) is 0 Å². The van der Waals surface area contributed by atoms with Gasteiger partial charge in [-0.15, -0.1) is 0 Å². The van der Waals surface area contributed by atoms with Crippen molar-refractivity contribution in [3.63, 3.8) is 0 Å². The zero-order valence-corrected chi connectivity index (χ0v) is 9.79. The van der Waals surface area contributed by atoms with Gasteiger partial charge in [0.15, 0.2) is 0 Å². The van der Waals surface area contributed by atoms with Gasteiger partial charge in [0.05, 0.1) is 5.60 Å². The van der Waals surface area contributed by atoms with E-state index in [0.717, 1.165) is 30.8 Å². The Morgan fingerprint density at radius 3 is 2.88 bits per heavy atom. The minimum Gasteiger partial charge on any atom is -0.376 e. The number of aromatic nitrogens is 2. The molecule has 0 atom stereocenters. The van der Waals surface area contributed by atoms with E-state index >= 15 is 0 Å². The van der Waals surface area contributed by atoms with Crippen molar-refractivity contribution in [3.05, 3.63) is 11.8 Å². The minimum absolute atomic E-state index is 0.00779. The highest BCUT2D eigenvalue weighted by atomic mass is 16.5. The molecule has 88 valence electrons. The summed E-state index contributed by atoms with van der Waals surface area (Å²) in [6, 6.07) is 0. The van der Waals surface area contributed by atoms with E-state index in [1.165, 1.54) is 6.42 Å². The number of ether oxygens (including phenoxy) is 1. The van der Waals surface area contributed by atoms with Crippen LogP contribution in [0.25, 0.3) is 0 Å². The molecule has 0 spiro atoms. The van der Waals surface area contributed by atoms with E-state index in [4.69, 9.17) is 10.5 Å². The maximum atomic E-state index is 5.55. The van der Waals surface area contributed by atoms with Crippen LogP contribution in [0.4, 0.5) is 11.8 Å². The molecule has 2 rings (SSSR count). The van der Waals surface area contributed by atoms with Crippen molar-refractivity contribution in [1.82, 2.24) is 9.97 Å². The van der Waals surface area contributed by atoms with Crippen LogP contribution in [0.15, 0.2) is 6.20 Å². The number of methoxy groups -OCH3 is 1. The summed E-state index contributed by atoms with van der Waals surface area (Å²) < 4.78 is 5.53. The Labute approximate surface area is 95.4 Å². The van der Waals surface area contributed by atoms with Crippen molar-refractivity contribution in [3.8, 4) is 0 Å². The summed E-state index contributed by atoms with van der Waals surface area (Å²) in [5.41, 5.74) is 6.54. The van der Waals surface area contributed by atoms with Crippen LogP contribution in [-0.2, 0) is 4.74 Å². The van der Waals surface area contributed by atoms with Gasteiger partial charge in [0.2, 0.25) is 5.95 Å². The number of rotatable bonds is 4. The molecule has 1 aromatic heterocycles. The fourth-order valence-corrected chi connectivity index (χ4v) is 1.90. The highest BCUT2D eigenvalue weighted by molar-refractivity contribution is 5.45. The Hall–Kier alpha value is -1.36. The van der Waals surface area contributed by atoms with Crippen LogP contribution in [0.1, 0.15) is 24.8 Å². The van der Waals surface area contributed by atoms with Crippen molar-refractivity contribution in [2.75, 3.05) is 24.7 Å². The van der Waals surface area contributed by atoms with E-state index in [1.54, 1.807) is 13.3 Å². The maximum absolute atomic E-state index is 5.55. The van der Waals surface area contributed by atoms with E-state index in [0.29, 0.717) is 5.95 Å². The first-order valence-corrected chi connectivity index (χ1v) is 5.53. The third kappa shape index (κ3) is 2.09. The molecule has 1 saturated carbocycles. The van der Waals surface area contributed by atoms with Crippen molar-refractivity contribution in [2.45, 2.75) is 31.8 Å². The quantitative estimate of drug-likeness (QED) is 0.804. The Kier molecular flexibility index (Phi) is 2.96. The lowest BCUT2D eigenvalue weighted by atomic mass is 9.80. The van der Waals surface area contributed by atoms with Gasteiger partial charge in [-0.2, -0.15) is 4.98 Å². The fourth-order valence-electron chi connectivity index (χ4n) is 1.90. The largest absolute Gasteiger partial charge is 0.376 e. The predicted octanol–water partition coefficient (Wildman–Crippen LogP) is 1.35. The van der Waals surface area contributed by atoms with Gasteiger partial charge in [-0.1, -0.05) is 0 Å². The van der Waals surface area contributed by atoms with Gasteiger partial charge in [0.25, 0.3) is 0 Å². The monoisotopic (exact) mass is 222 g/mol. The number of nitrogen functional groups attached to an aromatic ring is 1. The van der Waals surface area contributed by atoms with Gasteiger partial charge in [-0.05, 0) is 26.2 Å². The van der Waals surface area contributed by atoms with Crippen LogP contribution in [0, 0.1) is 6.92 Å². The molecule has 0 saturated heterocycles. The number of nitrogens with one attached hydrogen (secondary N) is 1. The molecule has 0 aliphatic heterocycles. The number of nitrogens with zero attached hydrogens (tertiary/aromatic N) is 2. The Balaban J connectivity index is 2.01. The Morgan fingerprint density at radius 1 is 1.56 bits per heavy atom. The van der Waals surface area contributed by atoms with Gasteiger partial charge < -0.3 is 15.8 Å². The Bertz CT molecular complexity index is 371. The molecule has 16 heavy (non-hydrogen) atoms. The first kappa shape index (κ1) is 11.1. The summed E-state index contributed by atoms with van der Waals surface area (Å²) in [4.78, 5) is 8.10. The standard InChI is InChI=1S/C11H18N4O/c1-8-6-13-10(12)15-9(8)14-7-11(16-2)4-3-5-11/h6H,3-5,7H2,1-2H3,(H3,12,13,14,15). The van der Waals surface area contributed by atoms with E-state index in [-0.39, 0.29) is 5.60 Å². The highest BCUT2D eigenvalue weighted by Crippen LogP contribution is 2.35. The van der Waals surface area contributed by atoms with Gasteiger partial charge in [-0.25, -0.2) is 4.98 Å². The second-order valence-corrected chi connectivity index (χ2v) is 4.35. The Morgan fingerprint density at radius 2 is 2.31 bits per heavy atom. The van der Waals surface area contributed by atoms with E-state index in [2.05, 4.69) is 15.3 Å². The van der Waals surface area contributed by atoms with Crippen LogP contribution >= 0.6 is 0 Å². The number of hydrogen-bond acceptors (Lipinski definition) is 5. The van der Waals surface area contributed by atoms with E-state index in [9.17, 15) is 0 Å². The molecule has 1 aliphatic rings. The molecule has 0 amide bonds. The van der Waals surface area contributed by atoms with Crippen molar-refractivity contribution < 1.29 is 4.74 Å². The molecule has 0 radical (unpaired) electrons. The number of hydrogen-bond donors (Lipinski definition) is 2. The van der Waals surface area contributed by atoms with Gasteiger partial charge >= 0.3 is 0 Å². The van der Waals surface area contributed by atoms with Crippen LogP contribution < -0.4 is 11.1 Å². The minimum atomic E-state index is -0.00779. The summed E-state index contributed by atoms with van der Waals surface area (Å²) in [5, 5.41) is 3.29. The summed E-state index contributed by atoms with van der Waals surface area (Å²) in [7, 11) is 1.77. The zero-order valence-electron chi connectivity index (χ0n) is 9.79. The van der Waals surface area contributed by atoms with Crippen LogP contribution in [0.5, 0.6) is 0 Å². The molecular weight excluding hydrogens is 204 g/mol. The molecule has 5 heteroatoms. The smallest absolute Gasteiger partial charge is 0.221 e. The van der Waals surface area contributed by atoms with Crippen molar-refractivity contribution in [2.24, 2.45) is 0 Å². The first-order chi connectivity index (χ1) is 7.65. The summed E-state index contributed by atoms with van der Waals surface area (Å²) in [5.74, 6) is 1.10. The number of aryl methyl sites for hydroxylation is 1. The molecule has 1 fully saturated rings.